The molecule has 0 bridgehead atoms. The minimum atomic E-state index is -0.124. The third-order valence-electron chi connectivity index (χ3n) is 3.67. The van der Waals surface area contributed by atoms with E-state index in [0.717, 1.165) is 0 Å². The fourth-order valence-corrected chi connectivity index (χ4v) is 3.98. The molecule has 1 N–H and O–H groups in total. The number of carbonyl (C=O) groups is 1. The number of thioether (sulfide) groups is 1. The molecule has 3 heterocycles. The third kappa shape index (κ3) is 3.68. The van der Waals surface area contributed by atoms with Gasteiger partial charge in [-0.2, -0.15) is 0 Å². The molecule has 2 aromatic heterocycles. The molecular weight excluding hydrogens is 374 g/mol. The Bertz CT molecular complexity index is 1010. The van der Waals surface area contributed by atoms with Crippen LogP contribution in [0.15, 0.2) is 40.6 Å². The Balaban J connectivity index is 1.33. The van der Waals surface area contributed by atoms with E-state index in [1.54, 1.807) is 24.4 Å². The molecule has 0 unspecified atom stereocenters. The molecule has 1 aliphatic heterocycles. The van der Waals surface area contributed by atoms with Crippen molar-refractivity contribution in [2.75, 3.05) is 24.3 Å². The van der Waals surface area contributed by atoms with E-state index in [4.69, 9.17) is 9.47 Å². The summed E-state index contributed by atoms with van der Waals surface area (Å²) in [6.07, 6.45) is 1.70. The fraction of sp³-hybridized carbons (Fsp3) is 0.235. The summed E-state index contributed by atoms with van der Waals surface area (Å²) >= 11 is 2.82. The van der Waals surface area contributed by atoms with Gasteiger partial charge in [-0.3, -0.25) is 14.0 Å². The Morgan fingerprint density at radius 1 is 1.27 bits per heavy atom. The fourth-order valence-electron chi connectivity index (χ4n) is 2.53. The minimum Gasteiger partial charge on any atom is -0.486 e. The third-order valence-corrected chi connectivity index (χ3v) is 5.39. The average Bonchev–Trinajstić information content (AvgIpc) is 3.11. The standard InChI is InChI=1S/C17H15N3O4S2/c21-15(18-11-1-2-13-14(7-11)24-5-4-23-13)10-25-9-12-8-16(22)20-3-6-26-17(20)19-12/h1-3,6-8H,4-5,9-10H2,(H,18,21). The van der Waals surface area contributed by atoms with Crippen molar-refractivity contribution in [1.29, 1.82) is 0 Å². The zero-order chi connectivity index (χ0) is 17.9. The van der Waals surface area contributed by atoms with Crippen LogP contribution in [0.4, 0.5) is 5.69 Å². The van der Waals surface area contributed by atoms with Crippen LogP contribution in [-0.4, -0.2) is 34.3 Å². The van der Waals surface area contributed by atoms with Gasteiger partial charge in [-0.05, 0) is 12.1 Å². The van der Waals surface area contributed by atoms with E-state index < -0.39 is 0 Å². The summed E-state index contributed by atoms with van der Waals surface area (Å²) in [4.78, 5) is 29.1. The van der Waals surface area contributed by atoms with E-state index in [1.807, 2.05) is 5.38 Å². The minimum absolute atomic E-state index is 0.104. The molecule has 1 amide bonds. The van der Waals surface area contributed by atoms with Crippen LogP contribution < -0.4 is 20.3 Å². The molecule has 4 rings (SSSR count). The lowest BCUT2D eigenvalue weighted by Gasteiger charge is -2.19. The number of amides is 1. The van der Waals surface area contributed by atoms with Crippen LogP contribution in [0.25, 0.3) is 4.96 Å². The molecule has 7 nitrogen and oxygen atoms in total. The molecule has 26 heavy (non-hydrogen) atoms. The number of hydrogen-bond donors (Lipinski definition) is 1. The van der Waals surface area contributed by atoms with Crippen molar-refractivity contribution in [3.05, 3.63) is 51.9 Å². The maximum atomic E-state index is 12.1. The highest BCUT2D eigenvalue weighted by atomic mass is 32.2. The number of anilines is 1. The molecule has 3 aromatic rings. The van der Waals surface area contributed by atoms with Gasteiger partial charge in [0.1, 0.15) is 13.2 Å². The maximum Gasteiger partial charge on any atom is 0.258 e. The molecule has 1 aliphatic rings. The lowest BCUT2D eigenvalue weighted by atomic mass is 10.2. The molecule has 134 valence electrons. The van der Waals surface area contributed by atoms with Gasteiger partial charge in [0.15, 0.2) is 16.5 Å². The van der Waals surface area contributed by atoms with E-state index in [9.17, 15) is 9.59 Å². The first-order valence-corrected chi connectivity index (χ1v) is 9.95. The van der Waals surface area contributed by atoms with Crippen molar-refractivity contribution >= 4 is 39.7 Å². The number of fused-ring (bicyclic) bond motifs is 2. The summed E-state index contributed by atoms with van der Waals surface area (Å²) < 4.78 is 12.5. The van der Waals surface area contributed by atoms with Gasteiger partial charge in [-0.1, -0.05) is 0 Å². The summed E-state index contributed by atoms with van der Waals surface area (Å²) in [6.45, 7) is 1.03. The van der Waals surface area contributed by atoms with E-state index in [2.05, 4.69) is 10.3 Å². The predicted octanol–water partition coefficient (Wildman–Crippen LogP) is 2.40. The summed E-state index contributed by atoms with van der Waals surface area (Å²) in [5.74, 6) is 1.96. The van der Waals surface area contributed by atoms with Crippen LogP contribution in [0.2, 0.25) is 0 Å². The van der Waals surface area contributed by atoms with Crippen molar-refractivity contribution in [2.45, 2.75) is 5.75 Å². The molecular formula is C17H15N3O4S2. The normalized spacial score (nSPS) is 12.9. The number of hydrogen-bond acceptors (Lipinski definition) is 7. The number of carbonyl (C=O) groups excluding carboxylic acids is 1. The Morgan fingerprint density at radius 3 is 3.00 bits per heavy atom. The van der Waals surface area contributed by atoms with E-state index in [0.29, 0.717) is 46.8 Å². The van der Waals surface area contributed by atoms with Crippen molar-refractivity contribution in [1.82, 2.24) is 9.38 Å². The first-order chi connectivity index (χ1) is 12.7. The Labute approximate surface area is 157 Å². The zero-order valence-corrected chi connectivity index (χ0v) is 15.3. The molecule has 0 radical (unpaired) electrons. The number of aromatic nitrogens is 2. The number of nitrogens with zero attached hydrogens (tertiary/aromatic N) is 2. The second kappa shape index (κ2) is 7.38. The molecule has 0 saturated carbocycles. The molecule has 1 aromatic carbocycles. The van der Waals surface area contributed by atoms with Gasteiger partial charge >= 0.3 is 0 Å². The Morgan fingerprint density at radius 2 is 2.12 bits per heavy atom. The van der Waals surface area contributed by atoms with Crippen LogP contribution in [-0.2, 0) is 10.5 Å². The highest BCUT2D eigenvalue weighted by Gasteiger charge is 2.13. The van der Waals surface area contributed by atoms with Crippen molar-refractivity contribution in [2.24, 2.45) is 0 Å². The highest BCUT2D eigenvalue weighted by molar-refractivity contribution is 7.99. The first kappa shape index (κ1) is 16.9. The van der Waals surface area contributed by atoms with Gasteiger partial charge in [0, 0.05) is 35.1 Å². The molecule has 9 heteroatoms. The Kier molecular flexibility index (Phi) is 4.81. The monoisotopic (exact) mass is 389 g/mol. The summed E-state index contributed by atoms with van der Waals surface area (Å²) in [5, 5.41) is 4.66. The molecule has 0 fully saturated rings. The van der Waals surface area contributed by atoms with Crippen LogP contribution in [0.5, 0.6) is 11.5 Å². The van der Waals surface area contributed by atoms with Crippen molar-refractivity contribution < 1.29 is 14.3 Å². The van der Waals surface area contributed by atoms with E-state index in [1.165, 1.54) is 33.6 Å². The van der Waals surface area contributed by atoms with Gasteiger partial charge in [-0.25, -0.2) is 4.98 Å². The van der Waals surface area contributed by atoms with Crippen LogP contribution in [0.3, 0.4) is 0 Å². The largest absolute Gasteiger partial charge is 0.486 e. The highest BCUT2D eigenvalue weighted by Crippen LogP contribution is 2.32. The van der Waals surface area contributed by atoms with E-state index >= 15 is 0 Å². The van der Waals surface area contributed by atoms with Gasteiger partial charge < -0.3 is 14.8 Å². The number of rotatable bonds is 5. The number of thiazole rings is 1. The summed E-state index contributed by atoms with van der Waals surface area (Å²) in [6, 6.07) is 6.82. The number of benzene rings is 1. The average molecular weight is 389 g/mol. The lowest BCUT2D eigenvalue weighted by molar-refractivity contribution is -0.113. The van der Waals surface area contributed by atoms with Crippen molar-refractivity contribution in [3.8, 4) is 11.5 Å². The molecule has 0 aliphatic carbocycles. The van der Waals surface area contributed by atoms with E-state index in [-0.39, 0.29) is 17.2 Å². The predicted molar refractivity (Wildman–Crippen MR) is 102 cm³/mol. The smallest absolute Gasteiger partial charge is 0.258 e. The van der Waals surface area contributed by atoms with Crippen LogP contribution >= 0.6 is 23.1 Å². The Hall–Kier alpha value is -2.52. The van der Waals surface area contributed by atoms with Crippen molar-refractivity contribution in [3.63, 3.8) is 0 Å². The number of nitrogens with one attached hydrogen (secondary N) is 1. The second-order valence-corrected chi connectivity index (χ2v) is 7.40. The maximum absolute atomic E-state index is 12.1. The first-order valence-electron chi connectivity index (χ1n) is 7.92. The quantitative estimate of drug-likeness (QED) is 0.722. The summed E-state index contributed by atoms with van der Waals surface area (Å²) in [5.41, 5.74) is 1.23. The van der Waals surface area contributed by atoms with Gasteiger partial charge in [0.25, 0.3) is 5.56 Å². The topological polar surface area (TPSA) is 81.9 Å². The molecule has 0 spiro atoms. The molecule has 0 atom stereocenters. The van der Waals surface area contributed by atoms with Crippen LogP contribution in [0, 0.1) is 0 Å². The second-order valence-electron chi connectivity index (χ2n) is 5.54. The SMILES string of the molecule is O=C(CSCc1cc(=O)n2ccsc2n1)Nc1ccc2c(c1)OCCO2. The van der Waals surface area contributed by atoms with Crippen LogP contribution in [0.1, 0.15) is 5.69 Å². The van der Waals surface area contributed by atoms with Gasteiger partial charge in [-0.15, -0.1) is 23.1 Å². The molecule has 0 saturated heterocycles. The van der Waals surface area contributed by atoms with Gasteiger partial charge in [0.05, 0.1) is 11.4 Å². The number of ether oxygens (including phenoxy) is 2. The zero-order valence-electron chi connectivity index (χ0n) is 13.6. The van der Waals surface area contributed by atoms with Gasteiger partial charge in [0.2, 0.25) is 5.91 Å². The summed E-state index contributed by atoms with van der Waals surface area (Å²) in [7, 11) is 0. The lowest BCUT2D eigenvalue weighted by Crippen LogP contribution is -2.17.